The van der Waals surface area contributed by atoms with Crippen molar-refractivity contribution >= 4 is 8.07 Å². The van der Waals surface area contributed by atoms with E-state index < -0.39 is 8.07 Å². The minimum atomic E-state index is -1.07. The molecule has 0 spiro atoms. The number of hydrogen-bond donors (Lipinski definition) is 0. The first-order chi connectivity index (χ1) is 7.58. The summed E-state index contributed by atoms with van der Waals surface area (Å²) in [5.74, 6) is 0. The maximum Gasteiger partial charge on any atom is 0.0567 e. The molecule has 1 fully saturated rings. The average molecular weight is 236 g/mol. The van der Waals surface area contributed by atoms with Crippen molar-refractivity contribution in [2.75, 3.05) is 0 Å². The van der Waals surface area contributed by atoms with Crippen LogP contribution in [-0.4, -0.2) is 8.07 Å². The monoisotopic (exact) mass is 236 g/mol. The van der Waals surface area contributed by atoms with E-state index in [1.807, 2.05) is 0 Å². The van der Waals surface area contributed by atoms with Crippen LogP contribution < -0.4 is 0 Å². The van der Waals surface area contributed by atoms with Crippen LogP contribution in [0, 0.1) is 0 Å². The summed E-state index contributed by atoms with van der Waals surface area (Å²) in [4.78, 5) is 0. The summed E-state index contributed by atoms with van der Waals surface area (Å²) in [5, 5.41) is 0.655. The fourth-order valence-corrected chi connectivity index (χ4v) is 8.19. The highest BCUT2D eigenvalue weighted by Gasteiger charge is 2.46. The molecule has 1 heterocycles. The fraction of sp³-hybridized carbons (Fsp3) is 0.733. The van der Waals surface area contributed by atoms with Gasteiger partial charge in [0, 0.05) is 0 Å². The number of hydrogen-bond acceptors (Lipinski definition) is 0. The summed E-state index contributed by atoms with van der Waals surface area (Å²) in [7, 11) is -1.07. The van der Waals surface area contributed by atoms with E-state index >= 15 is 0 Å². The highest BCUT2D eigenvalue weighted by Crippen LogP contribution is 2.54. The third-order valence-electron chi connectivity index (χ3n) is 4.96. The van der Waals surface area contributed by atoms with Gasteiger partial charge in [-0.2, -0.15) is 0 Å². The standard InChI is InChI=1S/C15H28Si/c1-5-7-11-15(3)12-9-10-14-16(15,4)13-8-6-2/h5-6H,1-2,7-14H2,3-4H3. The van der Waals surface area contributed by atoms with Crippen molar-refractivity contribution in [1.29, 1.82) is 0 Å². The van der Waals surface area contributed by atoms with Gasteiger partial charge in [-0.25, -0.2) is 0 Å². The van der Waals surface area contributed by atoms with E-state index in [1.54, 1.807) is 0 Å². The van der Waals surface area contributed by atoms with Crippen LogP contribution in [0.4, 0.5) is 0 Å². The van der Waals surface area contributed by atoms with Crippen molar-refractivity contribution in [2.45, 2.75) is 69.1 Å². The lowest BCUT2D eigenvalue weighted by Gasteiger charge is -2.49. The molecule has 0 aliphatic carbocycles. The van der Waals surface area contributed by atoms with E-state index in [9.17, 15) is 0 Å². The Hall–Kier alpha value is -0.303. The van der Waals surface area contributed by atoms with Gasteiger partial charge < -0.3 is 0 Å². The molecule has 16 heavy (non-hydrogen) atoms. The predicted molar refractivity (Wildman–Crippen MR) is 77.7 cm³/mol. The molecule has 1 aliphatic heterocycles. The normalized spacial score (nSPS) is 34.6. The Bertz CT molecular complexity index is 220. The first kappa shape index (κ1) is 13.8. The quantitative estimate of drug-likeness (QED) is 0.419. The Kier molecular flexibility index (Phi) is 5.04. The molecule has 1 aliphatic rings. The first-order valence-electron chi connectivity index (χ1n) is 6.80. The fourth-order valence-electron chi connectivity index (χ4n) is 3.33. The van der Waals surface area contributed by atoms with Crippen molar-refractivity contribution in [2.24, 2.45) is 0 Å². The SMILES string of the molecule is C=CCCC1(C)CCCC[Si]1(C)CCC=C. The lowest BCUT2D eigenvalue weighted by molar-refractivity contribution is 0.443. The van der Waals surface area contributed by atoms with E-state index in [0.717, 1.165) is 0 Å². The lowest BCUT2D eigenvalue weighted by Crippen LogP contribution is -2.45. The molecule has 0 saturated carbocycles. The maximum atomic E-state index is 3.89. The van der Waals surface area contributed by atoms with Crippen LogP contribution in [0.2, 0.25) is 23.7 Å². The van der Waals surface area contributed by atoms with Gasteiger partial charge in [-0.1, -0.05) is 57.0 Å². The highest BCUT2D eigenvalue weighted by molar-refractivity contribution is 6.81. The molecule has 0 radical (unpaired) electrons. The third-order valence-corrected chi connectivity index (χ3v) is 11.2. The van der Waals surface area contributed by atoms with Gasteiger partial charge in [0.05, 0.1) is 8.07 Å². The molecular formula is C15H28Si. The van der Waals surface area contributed by atoms with E-state index in [-0.39, 0.29) is 0 Å². The molecule has 0 aromatic carbocycles. The number of rotatable bonds is 6. The van der Waals surface area contributed by atoms with Gasteiger partial charge in [0.25, 0.3) is 0 Å². The van der Waals surface area contributed by atoms with Crippen LogP contribution in [0.5, 0.6) is 0 Å². The van der Waals surface area contributed by atoms with Crippen LogP contribution in [0.3, 0.4) is 0 Å². The molecule has 0 aromatic heterocycles. The van der Waals surface area contributed by atoms with Crippen LogP contribution in [0.1, 0.15) is 45.4 Å². The summed E-state index contributed by atoms with van der Waals surface area (Å²) in [6, 6.07) is 2.98. The topological polar surface area (TPSA) is 0 Å². The Morgan fingerprint density at radius 1 is 1.19 bits per heavy atom. The van der Waals surface area contributed by atoms with Crippen LogP contribution in [-0.2, 0) is 0 Å². The lowest BCUT2D eigenvalue weighted by atomic mass is 9.96. The molecule has 1 rings (SSSR count). The van der Waals surface area contributed by atoms with E-state index in [1.165, 1.54) is 50.6 Å². The highest BCUT2D eigenvalue weighted by atomic mass is 28.3. The summed E-state index contributed by atoms with van der Waals surface area (Å²) in [6.45, 7) is 13.0. The van der Waals surface area contributed by atoms with Gasteiger partial charge in [0.15, 0.2) is 0 Å². The molecule has 0 N–H and O–H groups in total. The molecule has 92 valence electrons. The molecule has 0 aromatic rings. The second-order valence-corrected chi connectivity index (χ2v) is 11.3. The Balaban J connectivity index is 2.74. The van der Waals surface area contributed by atoms with E-state index in [0.29, 0.717) is 5.04 Å². The van der Waals surface area contributed by atoms with Gasteiger partial charge in [-0.3, -0.25) is 0 Å². The van der Waals surface area contributed by atoms with Crippen LogP contribution in [0.15, 0.2) is 25.3 Å². The minimum absolute atomic E-state index is 0.655. The molecule has 0 nitrogen and oxygen atoms in total. The molecule has 2 unspecified atom stereocenters. The average Bonchev–Trinajstić information content (AvgIpc) is 2.28. The molecule has 0 bridgehead atoms. The first-order valence-corrected chi connectivity index (χ1v) is 9.71. The molecule has 0 amide bonds. The van der Waals surface area contributed by atoms with E-state index in [2.05, 4.69) is 38.8 Å². The molecule has 1 heteroatoms. The largest absolute Gasteiger partial charge is 0.103 e. The van der Waals surface area contributed by atoms with Crippen molar-refractivity contribution in [3.63, 3.8) is 0 Å². The molecule has 2 atom stereocenters. The Morgan fingerprint density at radius 2 is 1.88 bits per heavy atom. The summed E-state index contributed by atoms with van der Waals surface area (Å²) >= 11 is 0. The van der Waals surface area contributed by atoms with Crippen molar-refractivity contribution in [3.8, 4) is 0 Å². The van der Waals surface area contributed by atoms with Crippen molar-refractivity contribution in [3.05, 3.63) is 25.3 Å². The van der Waals surface area contributed by atoms with Gasteiger partial charge >= 0.3 is 0 Å². The zero-order valence-electron chi connectivity index (χ0n) is 11.2. The Labute approximate surface area is 103 Å². The number of allylic oxidation sites excluding steroid dienone is 2. The predicted octanol–water partition coefficient (Wildman–Crippen LogP) is 5.55. The van der Waals surface area contributed by atoms with Crippen LogP contribution in [0.25, 0.3) is 0 Å². The maximum absolute atomic E-state index is 3.89. The summed E-state index contributed by atoms with van der Waals surface area (Å²) in [5.41, 5.74) is 0. The second kappa shape index (κ2) is 5.86. The van der Waals surface area contributed by atoms with Gasteiger partial charge in [-0.05, 0) is 24.3 Å². The minimum Gasteiger partial charge on any atom is -0.103 e. The van der Waals surface area contributed by atoms with Crippen LogP contribution >= 0.6 is 0 Å². The molecular weight excluding hydrogens is 208 g/mol. The Morgan fingerprint density at radius 3 is 2.50 bits per heavy atom. The molecule has 1 saturated heterocycles. The van der Waals surface area contributed by atoms with Crippen molar-refractivity contribution in [1.82, 2.24) is 0 Å². The van der Waals surface area contributed by atoms with Gasteiger partial charge in [-0.15, -0.1) is 13.2 Å². The summed E-state index contributed by atoms with van der Waals surface area (Å²) in [6.07, 6.45) is 12.4. The smallest absolute Gasteiger partial charge is 0.0567 e. The second-order valence-electron chi connectivity index (χ2n) is 5.98. The van der Waals surface area contributed by atoms with Crippen molar-refractivity contribution < 1.29 is 0 Å². The van der Waals surface area contributed by atoms with Gasteiger partial charge in [0.1, 0.15) is 0 Å². The van der Waals surface area contributed by atoms with Gasteiger partial charge in [0.2, 0.25) is 0 Å². The zero-order valence-corrected chi connectivity index (χ0v) is 12.2. The summed E-state index contributed by atoms with van der Waals surface area (Å²) < 4.78 is 0. The zero-order chi connectivity index (χ0) is 12.1. The van der Waals surface area contributed by atoms with E-state index in [4.69, 9.17) is 0 Å². The third kappa shape index (κ3) is 2.88.